The van der Waals surface area contributed by atoms with Gasteiger partial charge in [0.05, 0.1) is 0 Å². The third kappa shape index (κ3) is 2.49. The van der Waals surface area contributed by atoms with E-state index in [4.69, 9.17) is 0 Å². The molecule has 0 aliphatic heterocycles. The summed E-state index contributed by atoms with van der Waals surface area (Å²) < 4.78 is 4.74. The summed E-state index contributed by atoms with van der Waals surface area (Å²) in [6, 6.07) is 8.10. The minimum Gasteiger partial charge on any atom is -0.355 e. The Morgan fingerprint density at radius 3 is 3.07 bits per heavy atom. The fourth-order valence-corrected chi connectivity index (χ4v) is 1.83. The van der Waals surface area contributed by atoms with Gasteiger partial charge >= 0.3 is 0 Å². The van der Waals surface area contributed by atoms with E-state index in [1.54, 1.807) is 0 Å². The van der Waals surface area contributed by atoms with E-state index in [0.29, 0.717) is 0 Å². The first kappa shape index (κ1) is 9.54. The number of anilines is 1. The summed E-state index contributed by atoms with van der Waals surface area (Å²) in [5, 5.41) is 11.2. The van der Waals surface area contributed by atoms with Crippen LogP contribution in [0.25, 0.3) is 0 Å². The van der Waals surface area contributed by atoms with E-state index in [1.807, 2.05) is 18.2 Å². The molecule has 14 heavy (non-hydrogen) atoms. The van der Waals surface area contributed by atoms with Crippen LogP contribution in [0.5, 0.6) is 0 Å². The Balaban J connectivity index is 1.98. The average Bonchev–Trinajstić information content (AvgIpc) is 2.67. The van der Waals surface area contributed by atoms with Gasteiger partial charge in [0.25, 0.3) is 0 Å². The summed E-state index contributed by atoms with van der Waals surface area (Å²) in [6.07, 6.45) is 0. The van der Waals surface area contributed by atoms with Crippen molar-refractivity contribution in [1.82, 2.24) is 14.8 Å². The third-order valence-electron chi connectivity index (χ3n) is 1.63. The molecule has 0 bridgehead atoms. The smallest absolute Gasteiger partial charge is 0.225 e. The Morgan fingerprint density at radius 2 is 2.36 bits per heavy atom. The second-order valence-corrected chi connectivity index (χ2v) is 4.30. The largest absolute Gasteiger partial charge is 0.355 e. The van der Waals surface area contributed by atoms with Gasteiger partial charge in [-0.05, 0) is 22.9 Å². The van der Waals surface area contributed by atoms with Crippen molar-refractivity contribution in [1.29, 1.82) is 0 Å². The Hall–Kier alpha value is -1.01. The second-order valence-electron chi connectivity index (χ2n) is 2.65. The number of hydrogen-bond acceptors (Lipinski definition) is 5. The van der Waals surface area contributed by atoms with E-state index in [2.05, 4.69) is 42.1 Å². The van der Waals surface area contributed by atoms with Gasteiger partial charge in [0.15, 0.2) is 0 Å². The quantitative estimate of drug-likeness (QED) is 0.930. The zero-order valence-corrected chi connectivity index (χ0v) is 9.55. The Labute approximate surface area is 93.6 Å². The van der Waals surface area contributed by atoms with Gasteiger partial charge in [0.1, 0.15) is 0 Å². The lowest BCUT2D eigenvalue weighted by Gasteiger charge is -2.01. The normalized spacial score (nSPS) is 10.1. The van der Waals surface area contributed by atoms with Gasteiger partial charge in [-0.3, -0.25) is 0 Å². The lowest BCUT2D eigenvalue weighted by molar-refractivity contribution is 0.950. The second kappa shape index (κ2) is 4.47. The van der Waals surface area contributed by atoms with Crippen LogP contribution in [0.15, 0.2) is 28.7 Å². The highest BCUT2D eigenvalue weighted by atomic mass is 79.9. The monoisotopic (exact) mass is 270 g/mol. The number of aromatic nitrogens is 3. The molecule has 0 saturated carbocycles. The van der Waals surface area contributed by atoms with Crippen molar-refractivity contribution in [3.63, 3.8) is 0 Å². The number of nitrogens with one attached hydrogen (secondary N) is 1. The first-order valence-electron chi connectivity index (χ1n) is 3.98. The first-order chi connectivity index (χ1) is 6.84. The number of hydrogen-bond donors (Lipinski definition) is 1. The highest BCUT2D eigenvalue weighted by Gasteiger charge is 1.97. The molecule has 0 radical (unpaired) electrons. The predicted octanol–water partition coefficient (Wildman–Crippen LogP) is 2.31. The van der Waals surface area contributed by atoms with Crippen LogP contribution in [0.2, 0.25) is 0 Å². The minimum atomic E-state index is 0.732. The molecule has 0 aliphatic rings. The summed E-state index contributed by atoms with van der Waals surface area (Å²) in [7, 11) is 0. The van der Waals surface area contributed by atoms with Gasteiger partial charge in [-0.25, -0.2) is 0 Å². The first-order valence-corrected chi connectivity index (χ1v) is 5.54. The van der Waals surface area contributed by atoms with E-state index < -0.39 is 0 Å². The molecule has 6 heteroatoms. The summed E-state index contributed by atoms with van der Waals surface area (Å²) in [5.41, 5.74) is 1.19. The summed E-state index contributed by atoms with van der Waals surface area (Å²) in [6.45, 7) is 0.732. The van der Waals surface area contributed by atoms with Crippen LogP contribution in [0, 0.1) is 0 Å². The minimum absolute atomic E-state index is 0.732. The van der Waals surface area contributed by atoms with Crippen LogP contribution in [-0.4, -0.2) is 14.8 Å². The third-order valence-corrected chi connectivity index (χ3v) is 2.68. The summed E-state index contributed by atoms with van der Waals surface area (Å²) in [5.74, 6) is 0. The van der Waals surface area contributed by atoms with Crippen molar-refractivity contribution in [3.8, 4) is 0 Å². The fourth-order valence-electron chi connectivity index (χ4n) is 1.03. The average molecular weight is 271 g/mol. The van der Waals surface area contributed by atoms with Crippen LogP contribution in [-0.2, 0) is 6.54 Å². The Morgan fingerprint density at radius 1 is 1.43 bits per heavy atom. The van der Waals surface area contributed by atoms with Crippen LogP contribution in [0.1, 0.15) is 5.56 Å². The van der Waals surface area contributed by atoms with Gasteiger partial charge in [-0.2, -0.15) is 0 Å². The van der Waals surface area contributed by atoms with Crippen molar-refractivity contribution in [2.24, 2.45) is 0 Å². The van der Waals surface area contributed by atoms with Crippen molar-refractivity contribution < 1.29 is 0 Å². The van der Waals surface area contributed by atoms with E-state index in [1.165, 1.54) is 17.1 Å². The van der Waals surface area contributed by atoms with Gasteiger partial charge in [-0.1, -0.05) is 37.6 Å². The molecule has 2 aromatic rings. The van der Waals surface area contributed by atoms with Gasteiger partial charge < -0.3 is 5.32 Å². The molecule has 1 N–H and O–H groups in total. The molecular formula is C8H7BrN4S. The Bertz CT molecular complexity index is 403. The standard InChI is InChI=1S/C8H7BrN4S/c9-7-3-1-2-6(4-7)5-10-8-11-12-13-14-8/h1-4H,5H2,(H,10,11,13). The van der Waals surface area contributed by atoms with Crippen LogP contribution >= 0.6 is 27.5 Å². The van der Waals surface area contributed by atoms with Gasteiger partial charge in [0.2, 0.25) is 5.13 Å². The lowest BCUT2D eigenvalue weighted by Crippen LogP contribution is -1.98. The molecule has 0 spiro atoms. The van der Waals surface area contributed by atoms with Gasteiger partial charge in [0, 0.05) is 22.5 Å². The molecular weight excluding hydrogens is 264 g/mol. The SMILES string of the molecule is Brc1cccc(CNc2nnns2)c1. The maximum Gasteiger partial charge on any atom is 0.225 e. The molecule has 0 amide bonds. The van der Waals surface area contributed by atoms with Crippen LogP contribution < -0.4 is 5.32 Å². The molecule has 1 heterocycles. The summed E-state index contributed by atoms with van der Waals surface area (Å²) >= 11 is 4.67. The number of halogens is 1. The highest BCUT2D eigenvalue weighted by Crippen LogP contribution is 2.13. The number of rotatable bonds is 3. The van der Waals surface area contributed by atoms with E-state index >= 15 is 0 Å². The van der Waals surface area contributed by atoms with Crippen molar-refractivity contribution in [2.75, 3.05) is 5.32 Å². The maximum atomic E-state index is 3.79. The molecule has 0 atom stereocenters. The molecule has 0 unspecified atom stereocenters. The fraction of sp³-hybridized carbons (Fsp3) is 0.125. The highest BCUT2D eigenvalue weighted by molar-refractivity contribution is 9.10. The molecule has 0 aliphatic carbocycles. The zero-order valence-electron chi connectivity index (χ0n) is 7.14. The zero-order chi connectivity index (χ0) is 9.80. The molecule has 0 fully saturated rings. The van der Waals surface area contributed by atoms with E-state index in [-0.39, 0.29) is 0 Å². The Kier molecular flexibility index (Phi) is 3.05. The predicted molar refractivity (Wildman–Crippen MR) is 59.2 cm³/mol. The van der Waals surface area contributed by atoms with Crippen molar-refractivity contribution >= 4 is 32.6 Å². The van der Waals surface area contributed by atoms with Crippen LogP contribution in [0.4, 0.5) is 5.13 Å². The van der Waals surface area contributed by atoms with E-state index in [0.717, 1.165) is 16.1 Å². The molecule has 1 aromatic heterocycles. The molecule has 2 rings (SSSR count). The molecule has 1 aromatic carbocycles. The summed E-state index contributed by atoms with van der Waals surface area (Å²) in [4.78, 5) is 0. The van der Waals surface area contributed by atoms with Crippen LogP contribution in [0.3, 0.4) is 0 Å². The van der Waals surface area contributed by atoms with E-state index in [9.17, 15) is 0 Å². The lowest BCUT2D eigenvalue weighted by atomic mass is 10.2. The van der Waals surface area contributed by atoms with Crippen molar-refractivity contribution in [3.05, 3.63) is 34.3 Å². The number of nitrogens with zero attached hydrogens (tertiary/aromatic N) is 3. The number of benzene rings is 1. The molecule has 4 nitrogen and oxygen atoms in total. The molecule has 72 valence electrons. The maximum absolute atomic E-state index is 3.79. The molecule has 0 saturated heterocycles. The van der Waals surface area contributed by atoms with Crippen molar-refractivity contribution in [2.45, 2.75) is 6.54 Å². The van der Waals surface area contributed by atoms with Gasteiger partial charge in [-0.15, -0.1) is 0 Å². The topological polar surface area (TPSA) is 50.7 Å².